The molecule has 3 rings (SSSR count). The highest BCUT2D eigenvalue weighted by Crippen LogP contribution is 2.21. The number of amides is 1. The molecule has 152 valence electrons. The second-order valence-electron chi connectivity index (χ2n) is 6.08. The summed E-state index contributed by atoms with van der Waals surface area (Å²) in [4.78, 5) is 28.4. The van der Waals surface area contributed by atoms with Crippen molar-refractivity contribution < 1.29 is 31.1 Å². The Morgan fingerprint density at radius 1 is 1.03 bits per heavy atom. The fraction of sp³-hybridized carbons (Fsp3) is 0.167. The van der Waals surface area contributed by atoms with Crippen LogP contribution in [0.2, 0.25) is 0 Å². The van der Waals surface area contributed by atoms with E-state index in [0.29, 0.717) is 4.68 Å². The average Bonchev–Trinajstić information content (AvgIpc) is 2.60. The minimum atomic E-state index is -4.77. The van der Waals surface area contributed by atoms with E-state index < -0.39 is 53.8 Å². The minimum absolute atomic E-state index is 0.0302. The van der Waals surface area contributed by atoms with Crippen molar-refractivity contribution in [1.82, 2.24) is 9.66 Å². The number of carbonyl (C=O) groups is 1. The number of alkyl halides is 3. The molecular weight excluding hydrogens is 404 g/mol. The number of rotatable bonds is 4. The summed E-state index contributed by atoms with van der Waals surface area (Å²) < 4.78 is 78.5. The molecule has 3 aromatic rings. The maximum Gasteiger partial charge on any atom is 0.396 e. The summed E-state index contributed by atoms with van der Waals surface area (Å²) in [5, 5.41) is -0.217. The number of halogens is 6. The molecule has 0 aliphatic carbocycles. The molecule has 0 saturated heterocycles. The summed E-state index contributed by atoms with van der Waals surface area (Å²) in [6.07, 6.45) is -6.98. The van der Waals surface area contributed by atoms with Crippen LogP contribution in [0.5, 0.6) is 0 Å². The molecule has 0 unspecified atom stereocenters. The van der Waals surface area contributed by atoms with Crippen LogP contribution in [0.15, 0.2) is 41.2 Å². The van der Waals surface area contributed by atoms with E-state index in [2.05, 4.69) is 4.98 Å². The van der Waals surface area contributed by atoms with Gasteiger partial charge in [0.1, 0.15) is 18.1 Å². The molecule has 2 aromatic carbocycles. The van der Waals surface area contributed by atoms with Crippen LogP contribution in [-0.4, -0.2) is 21.7 Å². The van der Waals surface area contributed by atoms with Crippen molar-refractivity contribution in [3.63, 3.8) is 0 Å². The minimum Gasteiger partial charge on any atom is -0.273 e. The number of fused-ring (bicyclic) bond motifs is 1. The van der Waals surface area contributed by atoms with E-state index in [1.54, 1.807) is 0 Å². The van der Waals surface area contributed by atoms with Gasteiger partial charge in [0.15, 0.2) is 11.6 Å². The van der Waals surface area contributed by atoms with Gasteiger partial charge in [0.2, 0.25) is 5.91 Å². The third-order valence-electron chi connectivity index (χ3n) is 3.84. The number of carbonyl (C=O) groups excluding carboxylic acids is 1. The van der Waals surface area contributed by atoms with Gasteiger partial charge in [-0.1, -0.05) is 6.07 Å². The van der Waals surface area contributed by atoms with Crippen LogP contribution < -0.4 is 11.0 Å². The Balaban J connectivity index is 1.99. The van der Waals surface area contributed by atoms with Crippen molar-refractivity contribution in [3.05, 3.63) is 75.6 Å². The first kappa shape index (κ1) is 20.4. The molecule has 1 heterocycles. The van der Waals surface area contributed by atoms with E-state index in [1.165, 1.54) is 0 Å². The normalized spacial score (nSPS) is 11.7. The highest BCUT2D eigenvalue weighted by atomic mass is 19.4. The fourth-order valence-electron chi connectivity index (χ4n) is 2.62. The SMILES string of the molecule is O=C(Cc1ccc(F)c(F)c1)Nn1c(CC(F)(F)F)nc2cc(F)ccc2c1=O. The number of benzene rings is 2. The number of hydrogen-bond acceptors (Lipinski definition) is 3. The van der Waals surface area contributed by atoms with Gasteiger partial charge in [-0.3, -0.25) is 15.0 Å². The molecule has 0 spiro atoms. The van der Waals surface area contributed by atoms with Crippen LogP contribution in [0, 0.1) is 17.5 Å². The Morgan fingerprint density at radius 3 is 2.41 bits per heavy atom. The molecule has 1 amide bonds. The van der Waals surface area contributed by atoms with Gasteiger partial charge in [-0.25, -0.2) is 22.8 Å². The first-order valence-electron chi connectivity index (χ1n) is 8.05. The Kier molecular flexibility index (Phi) is 5.31. The summed E-state index contributed by atoms with van der Waals surface area (Å²) in [6, 6.07) is 5.38. The van der Waals surface area contributed by atoms with Gasteiger partial charge in [0, 0.05) is 6.07 Å². The van der Waals surface area contributed by atoms with Crippen molar-refractivity contribution in [2.24, 2.45) is 0 Å². The number of hydrogen-bond donors (Lipinski definition) is 1. The molecule has 0 aliphatic rings. The summed E-state index contributed by atoms with van der Waals surface area (Å²) >= 11 is 0. The van der Waals surface area contributed by atoms with Crippen LogP contribution >= 0.6 is 0 Å². The zero-order valence-corrected chi connectivity index (χ0v) is 14.4. The smallest absolute Gasteiger partial charge is 0.273 e. The Bertz CT molecular complexity index is 1160. The van der Waals surface area contributed by atoms with E-state index in [-0.39, 0.29) is 16.5 Å². The monoisotopic (exact) mass is 415 g/mol. The molecule has 0 aliphatic heterocycles. The zero-order valence-electron chi connectivity index (χ0n) is 14.4. The van der Waals surface area contributed by atoms with Gasteiger partial charge in [0.05, 0.1) is 17.3 Å². The Morgan fingerprint density at radius 2 is 1.76 bits per heavy atom. The maximum atomic E-state index is 13.4. The van der Waals surface area contributed by atoms with Gasteiger partial charge in [0.25, 0.3) is 5.56 Å². The third kappa shape index (κ3) is 4.73. The van der Waals surface area contributed by atoms with E-state index in [9.17, 15) is 35.9 Å². The quantitative estimate of drug-likeness (QED) is 0.666. The molecule has 0 fully saturated rings. The molecule has 29 heavy (non-hydrogen) atoms. The number of nitrogens with one attached hydrogen (secondary N) is 1. The molecule has 11 heteroatoms. The topological polar surface area (TPSA) is 64.0 Å². The van der Waals surface area contributed by atoms with E-state index >= 15 is 0 Å². The van der Waals surface area contributed by atoms with Crippen molar-refractivity contribution in [2.45, 2.75) is 19.0 Å². The predicted molar refractivity (Wildman–Crippen MR) is 90.1 cm³/mol. The van der Waals surface area contributed by atoms with Crippen LogP contribution in [0.4, 0.5) is 26.3 Å². The molecule has 1 N–H and O–H groups in total. The second-order valence-corrected chi connectivity index (χ2v) is 6.08. The summed E-state index contributed by atoms with van der Waals surface area (Å²) in [5.41, 5.74) is 0.660. The molecule has 0 bridgehead atoms. The third-order valence-corrected chi connectivity index (χ3v) is 3.84. The molecule has 0 saturated carbocycles. The van der Waals surface area contributed by atoms with E-state index in [1.807, 2.05) is 5.43 Å². The largest absolute Gasteiger partial charge is 0.396 e. The lowest BCUT2D eigenvalue weighted by atomic mass is 10.1. The first-order valence-corrected chi connectivity index (χ1v) is 8.05. The molecule has 1 aromatic heterocycles. The van der Waals surface area contributed by atoms with Gasteiger partial charge in [-0.05, 0) is 29.8 Å². The van der Waals surface area contributed by atoms with Gasteiger partial charge < -0.3 is 0 Å². The summed E-state index contributed by atoms with van der Waals surface area (Å²) in [7, 11) is 0. The van der Waals surface area contributed by atoms with Crippen LogP contribution in [0.3, 0.4) is 0 Å². The lowest BCUT2D eigenvalue weighted by Crippen LogP contribution is -2.38. The molecule has 0 atom stereocenters. The standard InChI is InChI=1S/C18H11F6N3O2/c19-10-2-3-11-14(7-10)25-15(8-18(22,23)24)27(17(11)29)26-16(28)6-9-1-4-12(20)13(21)5-9/h1-5,7H,6,8H2,(H,26,28). The van der Waals surface area contributed by atoms with Crippen molar-refractivity contribution in [1.29, 1.82) is 0 Å². The van der Waals surface area contributed by atoms with Crippen molar-refractivity contribution >= 4 is 16.8 Å². The first-order chi connectivity index (χ1) is 13.5. The van der Waals surface area contributed by atoms with Crippen LogP contribution in [-0.2, 0) is 17.6 Å². The second kappa shape index (κ2) is 7.57. The molecule has 0 radical (unpaired) electrons. The maximum absolute atomic E-state index is 13.4. The Hall–Kier alpha value is -3.37. The lowest BCUT2D eigenvalue weighted by molar-refractivity contribution is -0.129. The molecule has 5 nitrogen and oxygen atoms in total. The predicted octanol–water partition coefficient (Wildman–Crippen LogP) is 3.23. The van der Waals surface area contributed by atoms with Crippen molar-refractivity contribution in [3.8, 4) is 0 Å². The van der Waals surface area contributed by atoms with Gasteiger partial charge in [-0.15, -0.1) is 0 Å². The highest BCUT2D eigenvalue weighted by molar-refractivity contribution is 5.86. The van der Waals surface area contributed by atoms with Crippen LogP contribution in [0.1, 0.15) is 11.4 Å². The number of aromatic nitrogens is 2. The van der Waals surface area contributed by atoms with Gasteiger partial charge in [-0.2, -0.15) is 13.2 Å². The Labute approximate surface area is 158 Å². The fourth-order valence-corrected chi connectivity index (χ4v) is 2.62. The average molecular weight is 415 g/mol. The highest BCUT2D eigenvalue weighted by Gasteiger charge is 2.31. The van der Waals surface area contributed by atoms with E-state index in [4.69, 9.17) is 0 Å². The molecular formula is C18H11F6N3O2. The lowest BCUT2D eigenvalue weighted by Gasteiger charge is -2.15. The van der Waals surface area contributed by atoms with E-state index in [0.717, 1.165) is 36.4 Å². The number of nitrogens with zero attached hydrogens (tertiary/aromatic N) is 2. The summed E-state index contributed by atoms with van der Waals surface area (Å²) in [6.45, 7) is 0. The zero-order chi connectivity index (χ0) is 21.3. The van der Waals surface area contributed by atoms with Crippen LogP contribution in [0.25, 0.3) is 10.9 Å². The van der Waals surface area contributed by atoms with Gasteiger partial charge >= 0.3 is 6.18 Å². The summed E-state index contributed by atoms with van der Waals surface area (Å²) in [5.74, 6) is -4.98. The van der Waals surface area contributed by atoms with Crippen molar-refractivity contribution in [2.75, 3.05) is 5.43 Å².